The van der Waals surface area contributed by atoms with Gasteiger partial charge in [0, 0.05) is 43.6 Å². The molecule has 6 nitrogen and oxygen atoms in total. The minimum absolute atomic E-state index is 0.296. The molecule has 1 atom stereocenters. The Kier molecular flexibility index (Phi) is 3.57. The maximum Gasteiger partial charge on any atom is 0.226 e. The second kappa shape index (κ2) is 5.45. The molecule has 1 amide bonds. The first-order chi connectivity index (χ1) is 10.7. The van der Waals surface area contributed by atoms with Crippen LogP contribution in [0, 0.1) is 18.3 Å². The Morgan fingerprint density at radius 3 is 2.64 bits per heavy atom. The second-order valence-corrected chi connectivity index (χ2v) is 7.54. The Labute approximate surface area is 135 Å². The van der Waals surface area contributed by atoms with Crippen LogP contribution in [0.3, 0.4) is 0 Å². The molecule has 2 aliphatic heterocycles. The Bertz CT molecular complexity index is 560. The molecule has 1 N–H and O–H groups in total. The number of amides is 1. The first-order valence-electron chi connectivity index (χ1n) is 8.23. The molecule has 120 valence electrons. The number of rotatable bonds is 2. The summed E-state index contributed by atoms with van der Waals surface area (Å²) in [6, 6.07) is 0. The number of hydrogen-bond acceptors (Lipinski definition) is 6. The van der Waals surface area contributed by atoms with E-state index in [1.54, 1.807) is 0 Å². The fourth-order valence-corrected chi connectivity index (χ4v) is 4.65. The largest absolute Gasteiger partial charge is 0.343 e. The van der Waals surface area contributed by atoms with E-state index in [1.807, 2.05) is 6.92 Å². The van der Waals surface area contributed by atoms with Crippen molar-refractivity contribution in [2.24, 2.45) is 11.3 Å². The highest BCUT2D eigenvalue weighted by Crippen LogP contribution is 2.59. The maximum atomic E-state index is 12.7. The van der Waals surface area contributed by atoms with Crippen molar-refractivity contribution < 1.29 is 4.79 Å². The number of nitrogens with zero attached hydrogens (tertiary/aromatic N) is 4. The van der Waals surface area contributed by atoms with Gasteiger partial charge in [-0.2, -0.15) is 4.37 Å². The molecule has 3 fully saturated rings. The number of aromatic nitrogens is 2. The fraction of sp³-hybridized carbons (Fsp3) is 0.800. The average molecular weight is 321 g/mol. The van der Waals surface area contributed by atoms with Gasteiger partial charge in [-0.15, -0.1) is 0 Å². The van der Waals surface area contributed by atoms with E-state index >= 15 is 0 Å². The van der Waals surface area contributed by atoms with Crippen molar-refractivity contribution in [3.8, 4) is 0 Å². The molecule has 0 radical (unpaired) electrons. The van der Waals surface area contributed by atoms with Crippen molar-refractivity contribution in [3.63, 3.8) is 0 Å². The van der Waals surface area contributed by atoms with Crippen LogP contribution in [0.25, 0.3) is 0 Å². The molecule has 22 heavy (non-hydrogen) atoms. The van der Waals surface area contributed by atoms with Gasteiger partial charge in [0.1, 0.15) is 5.82 Å². The third-order valence-corrected chi connectivity index (χ3v) is 6.33. The van der Waals surface area contributed by atoms with Crippen LogP contribution in [-0.4, -0.2) is 59.4 Å². The Hall–Kier alpha value is -1.21. The summed E-state index contributed by atoms with van der Waals surface area (Å²) >= 11 is 1.46. The molecule has 1 unspecified atom stereocenters. The molecular formula is C15H23N5OS. The summed E-state index contributed by atoms with van der Waals surface area (Å²) in [6.07, 6.45) is 3.46. The van der Waals surface area contributed by atoms with Gasteiger partial charge in [0.2, 0.25) is 11.0 Å². The predicted molar refractivity (Wildman–Crippen MR) is 86.1 cm³/mol. The van der Waals surface area contributed by atoms with Gasteiger partial charge in [-0.1, -0.05) is 0 Å². The summed E-state index contributed by atoms with van der Waals surface area (Å²) in [5, 5.41) is 4.39. The molecular weight excluding hydrogens is 298 g/mol. The standard InChI is InChI=1S/C15H23N5OS/c1-11-17-14(22-18-11)20-8-6-19(7-9-20)13(21)12-10-15(12)2-4-16-5-3-15/h12,16H,2-10H2,1H3. The zero-order valence-corrected chi connectivity index (χ0v) is 13.9. The molecule has 7 heteroatoms. The van der Waals surface area contributed by atoms with E-state index in [2.05, 4.69) is 24.5 Å². The monoisotopic (exact) mass is 321 g/mol. The first-order valence-corrected chi connectivity index (χ1v) is 9.00. The lowest BCUT2D eigenvalue weighted by molar-refractivity contribution is -0.133. The van der Waals surface area contributed by atoms with Crippen LogP contribution >= 0.6 is 11.5 Å². The predicted octanol–water partition coefficient (Wildman–Crippen LogP) is 0.885. The number of piperazine rings is 1. The van der Waals surface area contributed by atoms with E-state index in [0.717, 1.165) is 56.6 Å². The van der Waals surface area contributed by atoms with Gasteiger partial charge in [-0.25, -0.2) is 4.98 Å². The van der Waals surface area contributed by atoms with Gasteiger partial charge in [0.15, 0.2) is 0 Å². The van der Waals surface area contributed by atoms with Gasteiger partial charge in [-0.05, 0) is 44.7 Å². The average Bonchev–Trinajstić information content (AvgIpc) is 3.05. The molecule has 1 aliphatic carbocycles. The molecule has 2 saturated heterocycles. The quantitative estimate of drug-likeness (QED) is 0.876. The Balaban J connectivity index is 1.33. The first kappa shape index (κ1) is 14.4. The van der Waals surface area contributed by atoms with Crippen molar-refractivity contribution in [1.29, 1.82) is 0 Å². The number of piperidine rings is 1. The van der Waals surface area contributed by atoms with Crippen molar-refractivity contribution in [2.75, 3.05) is 44.2 Å². The van der Waals surface area contributed by atoms with Crippen LogP contribution in [0.1, 0.15) is 25.1 Å². The van der Waals surface area contributed by atoms with Crippen molar-refractivity contribution in [3.05, 3.63) is 5.82 Å². The highest BCUT2D eigenvalue weighted by molar-refractivity contribution is 7.09. The molecule has 1 aromatic heterocycles. The molecule has 0 bridgehead atoms. The smallest absolute Gasteiger partial charge is 0.226 e. The Morgan fingerprint density at radius 1 is 1.27 bits per heavy atom. The summed E-state index contributed by atoms with van der Waals surface area (Å²) < 4.78 is 4.24. The van der Waals surface area contributed by atoms with Crippen molar-refractivity contribution >= 4 is 22.6 Å². The number of nitrogens with one attached hydrogen (secondary N) is 1. The third-order valence-electron chi connectivity index (χ3n) is 5.47. The summed E-state index contributed by atoms with van der Waals surface area (Å²) in [6.45, 7) is 7.47. The van der Waals surface area contributed by atoms with Crippen LogP contribution in [0.5, 0.6) is 0 Å². The van der Waals surface area contributed by atoms with Crippen LogP contribution < -0.4 is 10.2 Å². The highest BCUT2D eigenvalue weighted by Gasteiger charge is 2.58. The number of hydrogen-bond donors (Lipinski definition) is 1. The molecule has 1 aromatic rings. The van der Waals surface area contributed by atoms with E-state index in [-0.39, 0.29) is 0 Å². The van der Waals surface area contributed by atoms with E-state index in [1.165, 1.54) is 24.4 Å². The highest BCUT2D eigenvalue weighted by atomic mass is 32.1. The van der Waals surface area contributed by atoms with E-state index in [0.29, 0.717) is 17.2 Å². The zero-order chi connectivity index (χ0) is 15.2. The Morgan fingerprint density at radius 2 is 2.00 bits per heavy atom. The third kappa shape index (κ3) is 2.50. The maximum absolute atomic E-state index is 12.7. The van der Waals surface area contributed by atoms with Gasteiger partial charge in [-0.3, -0.25) is 4.79 Å². The topological polar surface area (TPSA) is 61.4 Å². The molecule has 0 aromatic carbocycles. The summed E-state index contributed by atoms with van der Waals surface area (Å²) in [7, 11) is 0. The van der Waals surface area contributed by atoms with Crippen LogP contribution in [-0.2, 0) is 4.79 Å². The zero-order valence-electron chi connectivity index (χ0n) is 13.0. The van der Waals surface area contributed by atoms with Crippen LogP contribution in [0.15, 0.2) is 0 Å². The minimum Gasteiger partial charge on any atom is -0.343 e. The van der Waals surface area contributed by atoms with Gasteiger partial charge >= 0.3 is 0 Å². The molecule has 1 spiro atoms. The molecule has 4 rings (SSSR count). The number of aryl methyl sites for hydroxylation is 1. The molecule has 3 heterocycles. The van der Waals surface area contributed by atoms with Crippen LogP contribution in [0.4, 0.5) is 5.13 Å². The normalized spacial score (nSPS) is 27.2. The number of carbonyl (C=O) groups is 1. The lowest BCUT2D eigenvalue weighted by Crippen LogP contribution is -2.49. The lowest BCUT2D eigenvalue weighted by atomic mass is 9.91. The summed E-state index contributed by atoms with van der Waals surface area (Å²) in [5.74, 6) is 1.53. The van der Waals surface area contributed by atoms with Gasteiger partial charge in [0.05, 0.1) is 0 Å². The van der Waals surface area contributed by atoms with Crippen LogP contribution in [0.2, 0.25) is 0 Å². The number of anilines is 1. The van der Waals surface area contributed by atoms with Crippen molar-refractivity contribution in [1.82, 2.24) is 19.6 Å². The molecule has 3 aliphatic rings. The van der Waals surface area contributed by atoms with Gasteiger partial charge < -0.3 is 15.1 Å². The second-order valence-electron chi connectivity index (χ2n) is 6.81. The fourth-order valence-electron chi connectivity index (χ4n) is 3.93. The SMILES string of the molecule is Cc1nsc(N2CCN(C(=O)C3CC34CCNCC4)CC2)n1. The van der Waals surface area contributed by atoms with E-state index in [9.17, 15) is 4.79 Å². The number of carbonyl (C=O) groups excluding carboxylic acids is 1. The van der Waals surface area contributed by atoms with E-state index < -0.39 is 0 Å². The summed E-state index contributed by atoms with van der Waals surface area (Å²) in [5.41, 5.74) is 0.343. The van der Waals surface area contributed by atoms with E-state index in [4.69, 9.17) is 0 Å². The lowest BCUT2D eigenvalue weighted by Gasteiger charge is -2.35. The summed E-state index contributed by atoms with van der Waals surface area (Å²) in [4.78, 5) is 21.5. The minimum atomic E-state index is 0.296. The van der Waals surface area contributed by atoms with Crippen molar-refractivity contribution in [2.45, 2.75) is 26.2 Å². The van der Waals surface area contributed by atoms with Gasteiger partial charge in [0.25, 0.3) is 0 Å². The molecule has 1 saturated carbocycles.